The van der Waals surface area contributed by atoms with Gasteiger partial charge in [-0.05, 0) is 56.3 Å². The van der Waals surface area contributed by atoms with Crippen LogP contribution in [0.25, 0.3) is 0 Å². The van der Waals surface area contributed by atoms with Crippen LogP contribution in [0, 0.1) is 22.2 Å². The van der Waals surface area contributed by atoms with E-state index in [2.05, 4.69) is 52.2 Å². The summed E-state index contributed by atoms with van der Waals surface area (Å²) in [6, 6.07) is 0.221. The van der Waals surface area contributed by atoms with Gasteiger partial charge in [-0.3, -0.25) is 13.8 Å². The highest BCUT2D eigenvalue weighted by Crippen LogP contribution is 2.33. The lowest BCUT2D eigenvalue weighted by Gasteiger charge is -2.32. The average molecular weight is 635 g/mol. The Morgan fingerprint density at radius 2 is 1.29 bits per heavy atom. The van der Waals surface area contributed by atoms with Crippen LogP contribution in [0.15, 0.2) is 0 Å². The molecule has 2 aliphatic heterocycles. The van der Waals surface area contributed by atoms with Gasteiger partial charge in [0.2, 0.25) is 11.8 Å². The SMILES string of the molecule is CCC.CCC(C)(C)CCC(C)(C)C(=O)NC1CCS(=O)CC1.CCCCC(C)(C)C(=O)NCC1CCS(=O)(=O)CC1. The summed E-state index contributed by atoms with van der Waals surface area (Å²) in [6.45, 7) is 21.7. The molecule has 0 radical (unpaired) electrons. The van der Waals surface area contributed by atoms with Crippen molar-refractivity contribution in [1.29, 1.82) is 0 Å². The molecule has 250 valence electrons. The molecular weight excluding hydrogens is 569 g/mol. The molecule has 2 rings (SSSR count). The van der Waals surface area contributed by atoms with E-state index in [1.165, 1.54) is 6.42 Å². The van der Waals surface area contributed by atoms with Crippen LogP contribution in [-0.4, -0.2) is 60.0 Å². The summed E-state index contributed by atoms with van der Waals surface area (Å²) in [5.41, 5.74) is -0.334. The maximum atomic E-state index is 12.4. The molecule has 0 saturated carbocycles. The van der Waals surface area contributed by atoms with Crippen LogP contribution < -0.4 is 10.6 Å². The number of amides is 2. The summed E-state index contributed by atoms with van der Waals surface area (Å²) < 4.78 is 34.0. The standard InChI is InChI=1S/C16H31NO2S.C14H27NO3S.C3H8/c1-6-15(2,3)9-10-16(4,5)14(18)17-13-7-11-20(19)12-8-13;1-4-5-8-14(2,3)13(16)15-11-12-6-9-19(17,18)10-7-12;1-3-2/h13H,6-12H2,1-5H3,(H,17,18);12H,4-11H2,1-3H3,(H,15,16);3H2,1-2H3. The third-order valence-corrected chi connectivity index (χ3v) is 11.8. The predicted octanol–water partition coefficient (Wildman–Crippen LogP) is 6.82. The van der Waals surface area contributed by atoms with Crippen LogP contribution in [0.3, 0.4) is 0 Å². The molecule has 2 amide bonds. The van der Waals surface area contributed by atoms with E-state index in [0.29, 0.717) is 30.7 Å². The molecule has 2 fully saturated rings. The van der Waals surface area contributed by atoms with Crippen molar-refractivity contribution in [3.8, 4) is 0 Å². The van der Waals surface area contributed by atoms with E-state index in [-0.39, 0.29) is 40.2 Å². The lowest BCUT2D eigenvalue weighted by atomic mass is 9.77. The summed E-state index contributed by atoms with van der Waals surface area (Å²) in [6.07, 6.45) is 10.5. The van der Waals surface area contributed by atoms with Gasteiger partial charge in [-0.15, -0.1) is 0 Å². The van der Waals surface area contributed by atoms with E-state index < -0.39 is 20.6 Å². The monoisotopic (exact) mass is 634 g/mol. The third kappa shape index (κ3) is 17.4. The molecule has 2 N–H and O–H groups in total. The van der Waals surface area contributed by atoms with E-state index in [0.717, 1.165) is 62.9 Å². The summed E-state index contributed by atoms with van der Waals surface area (Å²) in [7, 11) is -3.47. The fourth-order valence-corrected chi connectivity index (χ4v) is 7.50. The van der Waals surface area contributed by atoms with Crippen LogP contribution in [0.4, 0.5) is 0 Å². The number of sulfone groups is 1. The van der Waals surface area contributed by atoms with Gasteiger partial charge in [-0.2, -0.15) is 0 Å². The zero-order chi connectivity index (χ0) is 32.6. The Morgan fingerprint density at radius 1 is 0.786 bits per heavy atom. The Morgan fingerprint density at radius 3 is 1.76 bits per heavy atom. The Hall–Kier alpha value is -0.960. The molecule has 9 heteroatoms. The summed E-state index contributed by atoms with van der Waals surface area (Å²) in [4.78, 5) is 24.5. The first-order chi connectivity index (χ1) is 19.3. The normalized spacial score (nSPS) is 21.2. The highest BCUT2D eigenvalue weighted by molar-refractivity contribution is 7.91. The first-order valence-electron chi connectivity index (χ1n) is 16.5. The van der Waals surface area contributed by atoms with Crippen LogP contribution >= 0.6 is 0 Å². The molecule has 0 spiro atoms. The lowest BCUT2D eigenvalue weighted by Crippen LogP contribution is -2.45. The van der Waals surface area contributed by atoms with Crippen molar-refractivity contribution in [3.05, 3.63) is 0 Å². The molecule has 42 heavy (non-hydrogen) atoms. The van der Waals surface area contributed by atoms with Crippen molar-refractivity contribution in [2.24, 2.45) is 22.2 Å². The van der Waals surface area contributed by atoms with Crippen molar-refractivity contribution in [2.75, 3.05) is 29.6 Å². The van der Waals surface area contributed by atoms with Crippen molar-refractivity contribution >= 4 is 32.5 Å². The number of rotatable bonds is 12. The second-order valence-electron chi connectivity index (χ2n) is 14.5. The number of hydrogen-bond acceptors (Lipinski definition) is 5. The van der Waals surface area contributed by atoms with E-state index in [1.807, 2.05) is 27.7 Å². The van der Waals surface area contributed by atoms with E-state index in [4.69, 9.17) is 0 Å². The molecule has 0 aliphatic carbocycles. The van der Waals surface area contributed by atoms with E-state index >= 15 is 0 Å². The van der Waals surface area contributed by atoms with Crippen LogP contribution in [0.1, 0.15) is 140 Å². The largest absolute Gasteiger partial charge is 0.355 e. The van der Waals surface area contributed by atoms with Gasteiger partial charge in [0.15, 0.2) is 0 Å². The van der Waals surface area contributed by atoms with Crippen molar-refractivity contribution in [3.63, 3.8) is 0 Å². The Kier molecular flexibility index (Phi) is 19.0. The second-order valence-corrected chi connectivity index (χ2v) is 18.5. The highest BCUT2D eigenvalue weighted by atomic mass is 32.2. The fourth-order valence-electron chi connectivity index (χ4n) is 4.61. The van der Waals surface area contributed by atoms with E-state index in [9.17, 15) is 22.2 Å². The molecule has 7 nitrogen and oxygen atoms in total. The minimum absolute atomic E-state index is 0.0920. The molecule has 0 atom stereocenters. The van der Waals surface area contributed by atoms with Gasteiger partial charge in [0.1, 0.15) is 9.84 Å². The van der Waals surface area contributed by atoms with E-state index in [1.54, 1.807) is 0 Å². The maximum Gasteiger partial charge on any atom is 0.225 e. The Balaban J connectivity index is 0.000000732. The van der Waals surface area contributed by atoms with Gasteiger partial charge in [-0.1, -0.05) is 94.9 Å². The van der Waals surface area contributed by atoms with Gasteiger partial charge < -0.3 is 10.6 Å². The van der Waals surface area contributed by atoms with Crippen LogP contribution in [-0.2, 0) is 30.2 Å². The summed E-state index contributed by atoms with van der Waals surface area (Å²) >= 11 is 0. The molecule has 2 heterocycles. The van der Waals surface area contributed by atoms with Gasteiger partial charge in [0, 0.05) is 45.7 Å². The minimum Gasteiger partial charge on any atom is -0.355 e. The number of hydrogen-bond donors (Lipinski definition) is 2. The van der Waals surface area contributed by atoms with Gasteiger partial charge in [0.25, 0.3) is 0 Å². The average Bonchev–Trinajstić information content (AvgIpc) is 2.92. The van der Waals surface area contributed by atoms with Gasteiger partial charge in [-0.25, -0.2) is 8.42 Å². The Labute approximate surface area is 262 Å². The molecule has 0 aromatic carbocycles. The Bertz CT molecular complexity index is 905. The quantitative estimate of drug-likeness (QED) is 0.245. The zero-order valence-electron chi connectivity index (χ0n) is 28.8. The third-order valence-electron chi connectivity index (χ3n) is 8.72. The molecule has 0 bridgehead atoms. The highest BCUT2D eigenvalue weighted by Gasteiger charge is 2.32. The minimum atomic E-state index is -2.81. The second kappa shape index (κ2) is 19.4. The molecule has 0 aromatic rings. The molecule has 2 aliphatic rings. The zero-order valence-corrected chi connectivity index (χ0v) is 30.5. The predicted molar refractivity (Wildman–Crippen MR) is 180 cm³/mol. The molecule has 0 aromatic heterocycles. The summed E-state index contributed by atoms with van der Waals surface area (Å²) in [5, 5.41) is 6.16. The van der Waals surface area contributed by atoms with Crippen LogP contribution in [0.2, 0.25) is 0 Å². The van der Waals surface area contributed by atoms with Gasteiger partial charge >= 0.3 is 0 Å². The first kappa shape index (κ1) is 41.0. The number of nitrogens with one attached hydrogen (secondary N) is 2. The number of carbonyl (C=O) groups excluding carboxylic acids is 2. The fraction of sp³-hybridized carbons (Fsp3) is 0.939. The topological polar surface area (TPSA) is 109 Å². The number of unbranched alkanes of at least 4 members (excludes halogenated alkanes) is 1. The van der Waals surface area contributed by atoms with Crippen molar-refractivity contribution in [2.45, 2.75) is 146 Å². The smallest absolute Gasteiger partial charge is 0.225 e. The molecule has 0 unspecified atom stereocenters. The first-order valence-corrected chi connectivity index (χ1v) is 19.8. The van der Waals surface area contributed by atoms with Gasteiger partial charge in [0.05, 0.1) is 11.5 Å². The van der Waals surface area contributed by atoms with Crippen molar-refractivity contribution in [1.82, 2.24) is 10.6 Å². The maximum absolute atomic E-state index is 12.4. The molecular formula is C33H66N2O5S2. The summed E-state index contributed by atoms with van der Waals surface area (Å²) in [5.74, 6) is 2.56. The molecule has 2 saturated heterocycles. The van der Waals surface area contributed by atoms with Crippen LogP contribution in [0.5, 0.6) is 0 Å². The lowest BCUT2D eigenvalue weighted by molar-refractivity contribution is -0.131. The number of carbonyl (C=O) groups is 2. The van der Waals surface area contributed by atoms with Crippen molar-refractivity contribution < 1.29 is 22.2 Å².